The maximum Gasteiger partial charge on any atom is 0.297 e. The summed E-state index contributed by atoms with van der Waals surface area (Å²) in [5.41, 5.74) is 2.96. The van der Waals surface area contributed by atoms with Gasteiger partial charge in [0.1, 0.15) is 0 Å². The van der Waals surface area contributed by atoms with E-state index in [-0.39, 0.29) is 5.54 Å². The van der Waals surface area contributed by atoms with Gasteiger partial charge < -0.3 is 4.74 Å². The fraction of sp³-hybridized carbons (Fsp3) is 0.211. The average molecular weight is 292 g/mol. The molecule has 0 saturated heterocycles. The second kappa shape index (κ2) is 5.68. The normalized spacial score (nSPS) is 16.8. The molecule has 0 spiro atoms. The Hall–Kier alpha value is -2.55. The molecule has 0 bridgehead atoms. The van der Waals surface area contributed by atoms with Crippen LogP contribution in [-0.2, 0) is 4.74 Å². The highest BCUT2D eigenvalue weighted by atomic mass is 16.5. The number of para-hydroxylation sites is 1. The number of nitrogens with zero attached hydrogens (tertiary/aromatic N) is 2. The Bertz CT molecular complexity index is 703. The molecule has 3 rings (SSSR count). The SMILES string of the molecule is COC1=NC(C)(C)C=C(c2ccccc2)N1c1ccccc1. The number of amidine groups is 1. The maximum absolute atomic E-state index is 5.58. The molecule has 3 nitrogen and oxygen atoms in total. The summed E-state index contributed by atoms with van der Waals surface area (Å²) >= 11 is 0. The van der Waals surface area contributed by atoms with Gasteiger partial charge in [0.25, 0.3) is 6.02 Å². The lowest BCUT2D eigenvalue weighted by Gasteiger charge is -2.34. The second-order valence-corrected chi connectivity index (χ2v) is 5.82. The molecule has 112 valence electrons. The van der Waals surface area contributed by atoms with Crippen LogP contribution in [0.4, 0.5) is 5.69 Å². The van der Waals surface area contributed by atoms with E-state index in [2.05, 4.69) is 49.1 Å². The smallest absolute Gasteiger partial charge is 0.297 e. The van der Waals surface area contributed by atoms with Gasteiger partial charge in [0.15, 0.2) is 0 Å². The van der Waals surface area contributed by atoms with Gasteiger partial charge in [0.2, 0.25) is 0 Å². The first-order valence-electron chi connectivity index (χ1n) is 7.38. The molecule has 0 atom stereocenters. The largest absolute Gasteiger partial charge is 0.468 e. The lowest BCUT2D eigenvalue weighted by molar-refractivity contribution is 0.384. The van der Waals surface area contributed by atoms with E-state index in [0.717, 1.165) is 16.9 Å². The molecule has 22 heavy (non-hydrogen) atoms. The number of hydrogen-bond acceptors (Lipinski definition) is 3. The molecule has 1 heterocycles. The van der Waals surface area contributed by atoms with Crippen LogP contribution in [0.25, 0.3) is 5.70 Å². The van der Waals surface area contributed by atoms with Crippen LogP contribution in [-0.4, -0.2) is 18.7 Å². The first kappa shape index (κ1) is 14.4. The van der Waals surface area contributed by atoms with Gasteiger partial charge in [-0.3, -0.25) is 4.90 Å². The second-order valence-electron chi connectivity index (χ2n) is 5.82. The fourth-order valence-electron chi connectivity index (χ4n) is 2.62. The Morgan fingerprint density at radius 3 is 2.09 bits per heavy atom. The molecule has 0 aromatic heterocycles. The Morgan fingerprint density at radius 2 is 1.50 bits per heavy atom. The topological polar surface area (TPSA) is 24.8 Å². The molecule has 0 saturated carbocycles. The number of hydrogen-bond donors (Lipinski definition) is 0. The molecule has 2 aromatic carbocycles. The van der Waals surface area contributed by atoms with Gasteiger partial charge in [0.05, 0.1) is 24.0 Å². The summed E-state index contributed by atoms with van der Waals surface area (Å²) in [7, 11) is 1.67. The number of methoxy groups -OCH3 is 1. The molecule has 1 aliphatic heterocycles. The Kier molecular flexibility index (Phi) is 3.72. The molecule has 0 fully saturated rings. The van der Waals surface area contributed by atoms with Gasteiger partial charge in [-0.05, 0) is 37.6 Å². The summed E-state index contributed by atoms with van der Waals surface area (Å²) in [6.07, 6.45) is 2.18. The quantitative estimate of drug-likeness (QED) is 0.823. The summed E-state index contributed by atoms with van der Waals surface area (Å²) in [5, 5.41) is 0. The maximum atomic E-state index is 5.58. The summed E-state index contributed by atoms with van der Waals surface area (Å²) in [5.74, 6) is 0. The molecular weight excluding hydrogens is 272 g/mol. The number of rotatable bonds is 2. The predicted molar refractivity (Wildman–Crippen MR) is 91.9 cm³/mol. The van der Waals surface area contributed by atoms with Crippen molar-refractivity contribution in [2.24, 2.45) is 4.99 Å². The van der Waals surface area contributed by atoms with Crippen molar-refractivity contribution in [1.82, 2.24) is 0 Å². The Labute approximate surface area is 131 Å². The third-order valence-electron chi connectivity index (χ3n) is 3.57. The van der Waals surface area contributed by atoms with E-state index in [9.17, 15) is 0 Å². The van der Waals surface area contributed by atoms with E-state index in [1.807, 2.05) is 36.4 Å². The van der Waals surface area contributed by atoms with Crippen molar-refractivity contribution in [2.45, 2.75) is 19.4 Å². The number of aliphatic imine (C=N–C) groups is 1. The van der Waals surface area contributed by atoms with Gasteiger partial charge in [-0.2, -0.15) is 0 Å². The van der Waals surface area contributed by atoms with E-state index in [4.69, 9.17) is 9.73 Å². The first-order valence-corrected chi connectivity index (χ1v) is 7.38. The zero-order valence-corrected chi connectivity index (χ0v) is 13.2. The predicted octanol–water partition coefficient (Wildman–Crippen LogP) is 4.33. The highest BCUT2D eigenvalue weighted by molar-refractivity contribution is 6.06. The number of anilines is 1. The lowest BCUT2D eigenvalue weighted by Crippen LogP contribution is -2.38. The molecule has 0 aliphatic carbocycles. The van der Waals surface area contributed by atoms with E-state index in [1.165, 1.54) is 0 Å². The zero-order valence-electron chi connectivity index (χ0n) is 13.2. The standard InChI is InChI=1S/C19H20N2O/c1-19(2)14-17(15-10-6-4-7-11-15)21(18(20-19)22-3)16-12-8-5-9-13-16/h4-14H,1-3H3. The van der Waals surface area contributed by atoms with Gasteiger partial charge in [0, 0.05) is 0 Å². The van der Waals surface area contributed by atoms with E-state index in [0.29, 0.717) is 6.02 Å². The average Bonchev–Trinajstić information content (AvgIpc) is 2.55. The molecule has 0 radical (unpaired) electrons. The van der Waals surface area contributed by atoms with Gasteiger partial charge >= 0.3 is 0 Å². The molecule has 1 aliphatic rings. The highest BCUT2D eigenvalue weighted by Crippen LogP contribution is 2.33. The van der Waals surface area contributed by atoms with Crippen molar-refractivity contribution in [3.63, 3.8) is 0 Å². The van der Waals surface area contributed by atoms with Crippen LogP contribution in [0.5, 0.6) is 0 Å². The zero-order chi connectivity index (χ0) is 15.6. The van der Waals surface area contributed by atoms with E-state index in [1.54, 1.807) is 7.11 Å². The van der Waals surface area contributed by atoms with E-state index >= 15 is 0 Å². The van der Waals surface area contributed by atoms with Crippen LogP contribution >= 0.6 is 0 Å². The van der Waals surface area contributed by atoms with Gasteiger partial charge in [-0.1, -0.05) is 48.5 Å². The van der Waals surface area contributed by atoms with Crippen LogP contribution in [0.15, 0.2) is 71.7 Å². The summed E-state index contributed by atoms with van der Waals surface area (Å²) in [6, 6.07) is 21.1. The molecule has 0 unspecified atom stereocenters. The van der Waals surface area contributed by atoms with Crippen molar-refractivity contribution in [3.05, 3.63) is 72.3 Å². The number of ether oxygens (including phenoxy) is 1. The van der Waals surface area contributed by atoms with Crippen LogP contribution in [0.1, 0.15) is 19.4 Å². The summed E-state index contributed by atoms with van der Waals surface area (Å²) < 4.78 is 5.58. The summed E-state index contributed by atoms with van der Waals surface area (Å²) in [6.45, 7) is 4.16. The van der Waals surface area contributed by atoms with Crippen LogP contribution < -0.4 is 4.90 Å². The number of benzene rings is 2. The van der Waals surface area contributed by atoms with Crippen molar-refractivity contribution in [2.75, 3.05) is 12.0 Å². The first-order chi connectivity index (χ1) is 10.6. The van der Waals surface area contributed by atoms with E-state index < -0.39 is 0 Å². The molecule has 0 N–H and O–H groups in total. The molecular formula is C19H20N2O. The molecule has 2 aromatic rings. The third kappa shape index (κ3) is 2.75. The minimum Gasteiger partial charge on any atom is -0.468 e. The van der Waals surface area contributed by atoms with Crippen LogP contribution in [0, 0.1) is 0 Å². The van der Waals surface area contributed by atoms with Crippen molar-refractivity contribution in [3.8, 4) is 0 Å². The van der Waals surface area contributed by atoms with Crippen molar-refractivity contribution >= 4 is 17.4 Å². The monoisotopic (exact) mass is 292 g/mol. The summed E-state index contributed by atoms with van der Waals surface area (Å²) in [4.78, 5) is 6.77. The highest BCUT2D eigenvalue weighted by Gasteiger charge is 2.30. The van der Waals surface area contributed by atoms with Crippen LogP contribution in [0.2, 0.25) is 0 Å². The van der Waals surface area contributed by atoms with Crippen molar-refractivity contribution < 1.29 is 4.74 Å². The molecule has 3 heteroatoms. The fourth-order valence-corrected chi connectivity index (χ4v) is 2.62. The lowest BCUT2D eigenvalue weighted by atomic mass is 9.98. The minimum atomic E-state index is -0.304. The van der Waals surface area contributed by atoms with Gasteiger partial charge in [-0.15, -0.1) is 0 Å². The Morgan fingerprint density at radius 1 is 0.909 bits per heavy atom. The van der Waals surface area contributed by atoms with Crippen LogP contribution in [0.3, 0.4) is 0 Å². The third-order valence-corrected chi connectivity index (χ3v) is 3.57. The van der Waals surface area contributed by atoms with Gasteiger partial charge in [-0.25, -0.2) is 4.99 Å². The van der Waals surface area contributed by atoms with Crippen molar-refractivity contribution in [1.29, 1.82) is 0 Å². The molecule has 0 amide bonds. The Balaban J connectivity index is 2.16. The minimum absolute atomic E-state index is 0.304.